The fourth-order valence-electron chi connectivity index (χ4n) is 2.04. The van der Waals surface area contributed by atoms with Gasteiger partial charge in [0.15, 0.2) is 0 Å². The molecule has 0 aliphatic rings. The Balaban J connectivity index is 2.50. The second-order valence-corrected chi connectivity index (χ2v) is 5.48. The smallest absolute Gasteiger partial charge is 0.119 e. The Kier molecular flexibility index (Phi) is 8.31. The lowest BCUT2D eigenvalue weighted by atomic mass is 10.1. The van der Waals surface area contributed by atoms with Crippen molar-refractivity contribution in [2.45, 2.75) is 52.2 Å². The largest absolute Gasteiger partial charge is 0.489 e. The van der Waals surface area contributed by atoms with Gasteiger partial charge in [0.05, 0.1) is 6.61 Å². The molecule has 3 nitrogen and oxygen atoms in total. The SMILES string of the molecule is CCCC(CNC(C)C)Oc1ccc(CCOC)cc1. The topological polar surface area (TPSA) is 30.5 Å². The second kappa shape index (κ2) is 9.78. The van der Waals surface area contributed by atoms with Crippen molar-refractivity contribution in [2.24, 2.45) is 0 Å². The molecule has 114 valence electrons. The highest BCUT2D eigenvalue weighted by Crippen LogP contribution is 2.16. The van der Waals surface area contributed by atoms with Crippen LogP contribution in [0.25, 0.3) is 0 Å². The zero-order valence-corrected chi connectivity index (χ0v) is 13.3. The van der Waals surface area contributed by atoms with E-state index in [0.717, 1.165) is 38.2 Å². The van der Waals surface area contributed by atoms with Crippen LogP contribution in [-0.4, -0.2) is 32.4 Å². The summed E-state index contributed by atoms with van der Waals surface area (Å²) in [5.74, 6) is 0.954. The van der Waals surface area contributed by atoms with Crippen molar-refractivity contribution >= 4 is 0 Å². The summed E-state index contributed by atoms with van der Waals surface area (Å²) in [6.07, 6.45) is 3.40. The lowest BCUT2D eigenvalue weighted by Crippen LogP contribution is -2.35. The van der Waals surface area contributed by atoms with E-state index >= 15 is 0 Å². The van der Waals surface area contributed by atoms with E-state index in [4.69, 9.17) is 9.47 Å². The predicted octanol–water partition coefficient (Wildman–Crippen LogP) is 3.42. The molecule has 0 aromatic heterocycles. The molecule has 0 aliphatic heterocycles. The summed E-state index contributed by atoms with van der Waals surface area (Å²) < 4.78 is 11.2. The molecule has 1 unspecified atom stereocenters. The van der Waals surface area contributed by atoms with Gasteiger partial charge in [-0.25, -0.2) is 0 Å². The van der Waals surface area contributed by atoms with E-state index in [9.17, 15) is 0 Å². The van der Waals surface area contributed by atoms with E-state index in [2.05, 4.69) is 50.4 Å². The van der Waals surface area contributed by atoms with E-state index in [0.29, 0.717) is 6.04 Å². The summed E-state index contributed by atoms with van der Waals surface area (Å²) in [7, 11) is 1.73. The summed E-state index contributed by atoms with van der Waals surface area (Å²) >= 11 is 0. The maximum absolute atomic E-state index is 6.07. The Morgan fingerprint density at radius 1 is 1.15 bits per heavy atom. The van der Waals surface area contributed by atoms with Crippen LogP contribution in [0.4, 0.5) is 0 Å². The van der Waals surface area contributed by atoms with Gasteiger partial charge in [-0.3, -0.25) is 0 Å². The molecule has 0 aliphatic carbocycles. The van der Waals surface area contributed by atoms with Crippen LogP contribution in [-0.2, 0) is 11.2 Å². The molecular formula is C17H29NO2. The average molecular weight is 279 g/mol. The minimum absolute atomic E-state index is 0.243. The molecule has 0 saturated heterocycles. The van der Waals surface area contributed by atoms with Gasteiger partial charge < -0.3 is 14.8 Å². The number of methoxy groups -OCH3 is 1. The number of rotatable bonds is 10. The molecule has 0 saturated carbocycles. The van der Waals surface area contributed by atoms with Gasteiger partial charge in [0.1, 0.15) is 11.9 Å². The first-order valence-corrected chi connectivity index (χ1v) is 7.63. The van der Waals surface area contributed by atoms with Crippen molar-refractivity contribution in [2.75, 3.05) is 20.3 Å². The third kappa shape index (κ3) is 6.92. The van der Waals surface area contributed by atoms with Crippen molar-refractivity contribution in [3.8, 4) is 5.75 Å². The third-order valence-electron chi connectivity index (χ3n) is 3.19. The van der Waals surface area contributed by atoms with Crippen LogP contribution in [0, 0.1) is 0 Å². The van der Waals surface area contributed by atoms with Crippen LogP contribution in [0.5, 0.6) is 5.75 Å². The van der Waals surface area contributed by atoms with Gasteiger partial charge in [-0.15, -0.1) is 0 Å². The van der Waals surface area contributed by atoms with Crippen molar-refractivity contribution in [3.63, 3.8) is 0 Å². The zero-order chi connectivity index (χ0) is 14.8. The van der Waals surface area contributed by atoms with Crippen molar-refractivity contribution in [3.05, 3.63) is 29.8 Å². The standard InChI is InChI=1S/C17H29NO2/c1-5-6-17(13-18-14(2)3)20-16-9-7-15(8-10-16)11-12-19-4/h7-10,14,17-18H,5-6,11-13H2,1-4H3. The van der Waals surface area contributed by atoms with Gasteiger partial charge in [-0.1, -0.05) is 39.3 Å². The minimum Gasteiger partial charge on any atom is -0.489 e. The lowest BCUT2D eigenvalue weighted by Gasteiger charge is -2.20. The molecule has 1 N–H and O–H groups in total. The first-order chi connectivity index (χ1) is 9.65. The van der Waals surface area contributed by atoms with Gasteiger partial charge in [-0.2, -0.15) is 0 Å². The molecule has 1 rings (SSSR count). The number of benzene rings is 1. The van der Waals surface area contributed by atoms with Crippen molar-refractivity contribution in [1.29, 1.82) is 0 Å². The van der Waals surface area contributed by atoms with E-state index in [1.165, 1.54) is 5.56 Å². The van der Waals surface area contributed by atoms with E-state index < -0.39 is 0 Å². The van der Waals surface area contributed by atoms with Crippen molar-refractivity contribution < 1.29 is 9.47 Å². The van der Waals surface area contributed by atoms with Gasteiger partial charge in [-0.05, 0) is 30.5 Å². The number of nitrogens with one attached hydrogen (secondary N) is 1. The summed E-state index contributed by atoms with van der Waals surface area (Å²) in [5, 5.41) is 3.45. The third-order valence-corrected chi connectivity index (χ3v) is 3.19. The molecule has 20 heavy (non-hydrogen) atoms. The number of hydrogen-bond donors (Lipinski definition) is 1. The molecule has 0 bridgehead atoms. The Labute approximate surface area is 123 Å². The Morgan fingerprint density at radius 3 is 2.40 bits per heavy atom. The van der Waals surface area contributed by atoms with Crippen LogP contribution in [0.15, 0.2) is 24.3 Å². The minimum atomic E-state index is 0.243. The van der Waals surface area contributed by atoms with E-state index in [1.54, 1.807) is 7.11 Å². The molecule has 3 heteroatoms. The average Bonchev–Trinajstić information content (AvgIpc) is 2.44. The molecule has 0 heterocycles. The van der Waals surface area contributed by atoms with Crippen LogP contribution >= 0.6 is 0 Å². The first kappa shape index (κ1) is 17.0. The molecule has 1 atom stereocenters. The van der Waals surface area contributed by atoms with Crippen LogP contribution in [0.3, 0.4) is 0 Å². The maximum atomic E-state index is 6.07. The molecule has 1 aromatic rings. The predicted molar refractivity (Wildman–Crippen MR) is 84.5 cm³/mol. The van der Waals surface area contributed by atoms with Crippen LogP contribution in [0.2, 0.25) is 0 Å². The van der Waals surface area contributed by atoms with E-state index in [1.807, 2.05) is 0 Å². The molecule has 0 radical (unpaired) electrons. The van der Waals surface area contributed by atoms with Gasteiger partial charge in [0.2, 0.25) is 0 Å². The fraction of sp³-hybridized carbons (Fsp3) is 0.647. The fourth-order valence-corrected chi connectivity index (χ4v) is 2.04. The van der Waals surface area contributed by atoms with E-state index in [-0.39, 0.29) is 6.10 Å². The monoisotopic (exact) mass is 279 g/mol. The van der Waals surface area contributed by atoms with Gasteiger partial charge >= 0.3 is 0 Å². The van der Waals surface area contributed by atoms with Gasteiger partial charge in [0, 0.05) is 19.7 Å². The number of hydrogen-bond acceptors (Lipinski definition) is 3. The Morgan fingerprint density at radius 2 is 1.85 bits per heavy atom. The highest BCUT2D eigenvalue weighted by atomic mass is 16.5. The highest BCUT2D eigenvalue weighted by molar-refractivity contribution is 5.27. The van der Waals surface area contributed by atoms with Crippen LogP contribution in [0.1, 0.15) is 39.2 Å². The molecule has 0 spiro atoms. The first-order valence-electron chi connectivity index (χ1n) is 7.63. The van der Waals surface area contributed by atoms with Crippen molar-refractivity contribution in [1.82, 2.24) is 5.32 Å². The molecule has 0 fully saturated rings. The summed E-state index contributed by atoms with van der Waals surface area (Å²) in [6.45, 7) is 8.18. The normalized spacial score (nSPS) is 12.7. The lowest BCUT2D eigenvalue weighted by molar-refractivity contribution is 0.183. The Bertz CT molecular complexity index is 349. The quantitative estimate of drug-likeness (QED) is 0.712. The van der Waals surface area contributed by atoms with Gasteiger partial charge in [0.25, 0.3) is 0 Å². The zero-order valence-electron chi connectivity index (χ0n) is 13.3. The van der Waals surface area contributed by atoms with Crippen LogP contribution < -0.4 is 10.1 Å². The maximum Gasteiger partial charge on any atom is 0.119 e. The number of ether oxygens (including phenoxy) is 2. The second-order valence-electron chi connectivity index (χ2n) is 5.48. The molecular weight excluding hydrogens is 250 g/mol. The molecule has 1 aromatic carbocycles. The highest BCUT2D eigenvalue weighted by Gasteiger charge is 2.10. The summed E-state index contributed by atoms with van der Waals surface area (Å²) in [4.78, 5) is 0. The Hall–Kier alpha value is -1.06. The molecule has 0 amide bonds. The summed E-state index contributed by atoms with van der Waals surface area (Å²) in [6, 6.07) is 8.85. The summed E-state index contributed by atoms with van der Waals surface area (Å²) in [5.41, 5.74) is 1.28.